The molecule has 26 heavy (non-hydrogen) atoms. The Morgan fingerprint density at radius 1 is 1.42 bits per heavy atom. The standard InChI is InChI=1S/C18H20F2IN3O2/c1-3-16(25)24-15-9-12(6-7-22-15)17(26)23-10-11-4-5-14(19)13(8-11)18(2,20)21/h4-8,15H,3,9-10H2,1-2H3,(H,23,26)(H,24,25)/t15-,18?/m1/s1. The van der Waals surface area contributed by atoms with Gasteiger partial charge >= 0.3 is 0 Å². The second-order valence-corrected chi connectivity index (χ2v) is 8.04. The maximum atomic E-state index is 14.0. The van der Waals surface area contributed by atoms with Gasteiger partial charge in [0.1, 0.15) is 12.0 Å². The summed E-state index contributed by atoms with van der Waals surface area (Å²) in [5.41, 5.74) is 1.01. The normalized spacial score (nSPS) is 18.7. The van der Waals surface area contributed by atoms with Crippen LogP contribution in [0, 0.1) is 5.82 Å². The van der Waals surface area contributed by atoms with E-state index in [-0.39, 0.29) is 23.9 Å². The van der Waals surface area contributed by atoms with E-state index in [4.69, 9.17) is 0 Å². The summed E-state index contributed by atoms with van der Waals surface area (Å²) in [4.78, 5) is 27.9. The van der Waals surface area contributed by atoms with Gasteiger partial charge in [0.2, 0.25) is 11.8 Å². The molecule has 0 spiro atoms. The van der Waals surface area contributed by atoms with Gasteiger partial charge in [-0.2, -0.15) is 0 Å². The molecule has 0 aromatic heterocycles. The fourth-order valence-corrected chi connectivity index (χ4v) is 2.84. The minimum Gasteiger partial charge on any atom is -0.348 e. The minimum atomic E-state index is -1.84. The number of nitrogens with one attached hydrogen (secondary N) is 2. The summed E-state index contributed by atoms with van der Waals surface area (Å²) in [6.45, 7) is 3.14. The van der Waals surface area contributed by atoms with Gasteiger partial charge in [-0.3, -0.25) is 14.6 Å². The van der Waals surface area contributed by atoms with Crippen molar-refractivity contribution in [2.75, 3.05) is 0 Å². The Kier molecular flexibility index (Phi) is 6.85. The number of dihydropyridines is 1. The van der Waals surface area contributed by atoms with Crippen molar-refractivity contribution in [2.24, 2.45) is 4.99 Å². The number of carbonyl (C=O) groups is 2. The van der Waals surface area contributed by atoms with Crippen molar-refractivity contribution in [3.63, 3.8) is 0 Å². The third kappa shape index (κ3) is 5.58. The van der Waals surface area contributed by atoms with E-state index in [1.54, 1.807) is 13.0 Å². The number of alkyl halides is 2. The van der Waals surface area contributed by atoms with E-state index in [9.17, 15) is 18.4 Å². The van der Waals surface area contributed by atoms with Gasteiger partial charge in [0.25, 0.3) is 0 Å². The molecule has 1 aromatic rings. The molecule has 0 saturated carbocycles. The quantitative estimate of drug-likeness (QED) is 0.490. The molecule has 140 valence electrons. The summed E-state index contributed by atoms with van der Waals surface area (Å²) in [6, 6.07) is 4.10. The first-order valence-corrected chi connectivity index (χ1v) is 9.25. The van der Waals surface area contributed by atoms with Crippen LogP contribution >= 0.6 is 22.6 Å². The van der Waals surface area contributed by atoms with Crippen LogP contribution in [0.5, 0.6) is 0 Å². The van der Waals surface area contributed by atoms with Crippen LogP contribution in [0.2, 0.25) is 0 Å². The van der Waals surface area contributed by atoms with Gasteiger partial charge in [-0.1, -0.05) is 13.0 Å². The number of rotatable bonds is 6. The fraction of sp³-hybridized carbons (Fsp3) is 0.389. The average molecular weight is 475 g/mol. The number of aliphatic imine (C=N–C) groups is 1. The van der Waals surface area contributed by atoms with Crippen LogP contribution in [-0.4, -0.2) is 24.2 Å². The minimum absolute atomic E-state index is 0.0591. The molecule has 2 amide bonds. The zero-order valence-electron chi connectivity index (χ0n) is 14.5. The molecule has 0 saturated heterocycles. The Hall–Kier alpha value is -1.84. The van der Waals surface area contributed by atoms with Gasteiger partial charge in [-0.05, 0) is 53.3 Å². The van der Waals surface area contributed by atoms with Gasteiger partial charge in [0.05, 0.1) is 0 Å². The highest BCUT2D eigenvalue weighted by Gasteiger charge is 2.25. The molecule has 2 rings (SSSR count). The lowest BCUT2D eigenvalue weighted by molar-refractivity contribution is -0.122. The van der Waals surface area contributed by atoms with E-state index >= 15 is 0 Å². The van der Waals surface area contributed by atoms with Crippen LogP contribution < -0.4 is 10.6 Å². The predicted molar refractivity (Wildman–Crippen MR) is 104 cm³/mol. The molecule has 1 aliphatic heterocycles. The number of benzene rings is 1. The van der Waals surface area contributed by atoms with Crippen LogP contribution in [0.4, 0.5) is 8.78 Å². The van der Waals surface area contributed by atoms with Gasteiger partial charge in [0.15, 0.2) is 3.68 Å². The topological polar surface area (TPSA) is 70.6 Å². The highest BCUT2D eigenvalue weighted by molar-refractivity contribution is 14.1. The van der Waals surface area contributed by atoms with Crippen molar-refractivity contribution < 1.29 is 18.4 Å². The average Bonchev–Trinajstić information content (AvgIpc) is 2.59. The van der Waals surface area contributed by atoms with Crippen LogP contribution in [0.3, 0.4) is 0 Å². The molecular weight excluding hydrogens is 455 g/mol. The lowest BCUT2D eigenvalue weighted by Gasteiger charge is -2.19. The van der Waals surface area contributed by atoms with Crippen molar-refractivity contribution in [3.8, 4) is 0 Å². The third-order valence-corrected chi connectivity index (χ3v) is 4.43. The summed E-state index contributed by atoms with van der Waals surface area (Å²) < 4.78 is 25.9. The molecule has 0 fully saturated rings. The molecule has 8 heteroatoms. The Morgan fingerprint density at radius 2 is 2.15 bits per heavy atom. The number of allylic oxidation sites excluding steroid dienone is 1. The number of amides is 2. The van der Waals surface area contributed by atoms with Gasteiger partial charge in [-0.25, -0.2) is 8.78 Å². The van der Waals surface area contributed by atoms with Gasteiger partial charge in [-0.15, -0.1) is 0 Å². The number of carbonyl (C=O) groups excluding carboxylic acids is 2. The zero-order valence-corrected chi connectivity index (χ0v) is 16.6. The SMILES string of the molecule is CCC(=O)N[C@@H]1CC(C(=O)NCc2ccc(F)c(C(C)(F)I)c2)=CC=N1. The molecule has 1 unspecified atom stereocenters. The lowest BCUT2D eigenvalue weighted by atomic mass is 10.1. The number of halogens is 3. The summed E-state index contributed by atoms with van der Waals surface area (Å²) in [6.07, 6.45) is 3.24. The first-order chi connectivity index (χ1) is 12.2. The van der Waals surface area contributed by atoms with Crippen LogP contribution in [-0.2, 0) is 19.8 Å². The van der Waals surface area contributed by atoms with Crippen molar-refractivity contribution in [1.29, 1.82) is 0 Å². The Bertz CT molecular complexity index is 757. The van der Waals surface area contributed by atoms with Crippen LogP contribution in [0.1, 0.15) is 37.8 Å². The smallest absolute Gasteiger partial charge is 0.247 e. The summed E-state index contributed by atoms with van der Waals surface area (Å²) >= 11 is 1.52. The van der Waals surface area contributed by atoms with Crippen LogP contribution in [0.25, 0.3) is 0 Å². The predicted octanol–water partition coefficient (Wildman–Crippen LogP) is 3.27. The Labute approximate surface area is 164 Å². The fourth-order valence-electron chi connectivity index (χ4n) is 2.43. The molecule has 0 radical (unpaired) electrons. The first-order valence-electron chi connectivity index (χ1n) is 8.17. The molecule has 2 N–H and O–H groups in total. The highest BCUT2D eigenvalue weighted by Crippen LogP contribution is 2.35. The molecule has 1 aliphatic rings. The number of hydrogen-bond acceptors (Lipinski definition) is 3. The van der Waals surface area contributed by atoms with Crippen molar-refractivity contribution >= 4 is 40.6 Å². The zero-order chi connectivity index (χ0) is 19.3. The largest absolute Gasteiger partial charge is 0.348 e. The number of hydrogen-bond donors (Lipinski definition) is 2. The number of nitrogens with zero attached hydrogens (tertiary/aromatic N) is 1. The summed E-state index contributed by atoms with van der Waals surface area (Å²) in [7, 11) is 0. The van der Waals surface area contributed by atoms with E-state index in [0.29, 0.717) is 24.0 Å². The van der Waals surface area contributed by atoms with Crippen molar-refractivity contribution in [1.82, 2.24) is 10.6 Å². The van der Waals surface area contributed by atoms with E-state index in [2.05, 4.69) is 15.6 Å². The molecule has 1 heterocycles. The molecule has 2 atom stereocenters. The first kappa shape index (κ1) is 20.5. The van der Waals surface area contributed by atoms with E-state index in [1.807, 2.05) is 0 Å². The van der Waals surface area contributed by atoms with Gasteiger partial charge in [0, 0.05) is 36.7 Å². The summed E-state index contributed by atoms with van der Waals surface area (Å²) in [5, 5.41) is 5.44. The molecule has 0 aliphatic carbocycles. The molecule has 1 aromatic carbocycles. The van der Waals surface area contributed by atoms with E-state index < -0.39 is 15.7 Å². The van der Waals surface area contributed by atoms with Crippen molar-refractivity contribution in [3.05, 3.63) is 46.8 Å². The Balaban J connectivity index is 1.98. The van der Waals surface area contributed by atoms with Gasteiger partial charge < -0.3 is 10.6 Å². The van der Waals surface area contributed by atoms with Crippen molar-refractivity contribution in [2.45, 2.75) is 43.1 Å². The maximum absolute atomic E-state index is 14.0. The molecule has 5 nitrogen and oxygen atoms in total. The maximum Gasteiger partial charge on any atom is 0.247 e. The second-order valence-electron chi connectivity index (χ2n) is 6.02. The lowest BCUT2D eigenvalue weighted by Crippen LogP contribution is -2.36. The highest BCUT2D eigenvalue weighted by atomic mass is 127. The van der Waals surface area contributed by atoms with E-state index in [1.165, 1.54) is 53.9 Å². The third-order valence-electron chi connectivity index (χ3n) is 3.85. The monoisotopic (exact) mass is 475 g/mol. The molecular formula is C18H20F2IN3O2. The molecule has 0 bridgehead atoms. The Morgan fingerprint density at radius 3 is 2.81 bits per heavy atom. The van der Waals surface area contributed by atoms with E-state index in [0.717, 1.165) is 0 Å². The van der Waals surface area contributed by atoms with Crippen LogP contribution in [0.15, 0.2) is 34.8 Å². The summed E-state index contributed by atoms with van der Waals surface area (Å²) in [5.74, 6) is -1.07. The second kappa shape index (κ2) is 8.70.